The van der Waals surface area contributed by atoms with Crippen molar-refractivity contribution in [1.29, 1.82) is 0 Å². The maximum Gasteiger partial charge on any atom is 0.316 e. The van der Waals surface area contributed by atoms with Gasteiger partial charge in [-0.2, -0.15) is 0 Å². The second kappa shape index (κ2) is 7.79. The van der Waals surface area contributed by atoms with Crippen LogP contribution in [0.15, 0.2) is 18.2 Å². The van der Waals surface area contributed by atoms with E-state index >= 15 is 0 Å². The van der Waals surface area contributed by atoms with Crippen molar-refractivity contribution in [3.05, 3.63) is 29.3 Å². The maximum absolute atomic E-state index is 12.5. The third-order valence-electron chi connectivity index (χ3n) is 5.34. The summed E-state index contributed by atoms with van der Waals surface area (Å²) in [5, 5.41) is 12.0. The van der Waals surface area contributed by atoms with Gasteiger partial charge in [-0.05, 0) is 55.2 Å². The summed E-state index contributed by atoms with van der Waals surface area (Å²) in [6.45, 7) is 7.13. The number of hydrogen-bond acceptors (Lipinski definition) is 3. The number of nitrogens with one attached hydrogen (secondary N) is 1. The molecule has 1 heterocycles. The van der Waals surface area contributed by atoms with E-state index in [1.165, 1.54) is 0 Å². The Hall–Kier alpha value is -1.88. The van der Waals surface area contributed by atoms with E-state index in [-0.39, 0.29) is 12.0 Å². The number of anilines is 1. The minimum atomic E-state index is -0.562. The molecule has 0 bridgehead atoms. The molecule has 0 spiro atoms. The van der Waals surface area contributed by atoms with Crippen LogP contribution in [0.3, 0.4) is 0 Å². The van der Waals surface area contributed by atoms with E-state index in [9.17, 15) is 14.7 Å². The molecule has 0 radical (unpaired) electrons. The Morgan fingerprint density at radius 1 is 1.29 bits per heavy atom. The number of aliphatic hydroxyl groups excluding tert-OH is 1. The van der Waals surface area contributed by atoms with E-state index < -0.39 is 11.8 Å². The molecule has 1 aliphatic heterocycles. The van der Waals surface area contributed by atoms with Gasteiger partial charge in [0, 0.05) is 25.4 Å². The number of fused-ring (bicyclic) bond motifs is 1. The highest BCUT2D eigenvalue weighted by molar-refractivity contribution is 6.40. The topological polar surface area (TPSA) is 69.6 Å². The minimum absolute atomic E-state index is 0.0876. The first-order valence-electron chi connectivity index (χ1n) is 8.76. The smallest absolute Gasteiger partial charge is 0.316 e. The highest BCUT2D eigenvalue weighted by atomic mass is 16.3. The molecule has 0 saturated heterocycles. The van der Waals surface area contributed by atoms with E-state index in [1.807, 2.05) is 39.0 Å². The molecule has 24 heavy (non-hydrogen) atoms. The van der Waals surface area contributed by atoms with Gasteiger partial charge in [-0.3, -0.25) is 9.59 Å². The van der Waals surface area contributed by atoms with Crippen molar-refractivity contribution >= 4 is 17.5 Å². The van der Waals surface area contributed by atoms with Crippen LogP contribution < -0.4 is 10.2 Å². The lowest BCUT2D eigenvalue weighted by Crippen LogP contribution is -2.46. The molecule has 2 amide bonds. The summed E-state index contributed by atoms with van der Waals surface area (Å²) in [6.07, 6.45) is 3.11. The van der Waals surface area contributed by atoms with Crippen LogP contribution in [0, 0.1) is 12.3 Å². The SMILES string of the molecule is CCC(CC)(CCO)CNC(=O)C(=O)N1CCc2ccc(C)cc21. The second-order valence-corrected chi connectivity index (χ2v) is 6.70. The van der Waals surface area contributed by atoms with Gasteiger partial charge in [-0.1, -0.05) is 26.0 Å². The molecular formula is C19H28N2O3. The Labute approximate surface area is 144 Å². The third-order valence-corrected chi connectivity index (χ3v) is 5.34. The number of carbonyl (C=O) groups is 2. The van der Waals surface area contributed by atoms with Crippen molar-refractivity contribution in [2.45, 2.75) is 46.5 Å². The van der Waals surface area contributed by atoms with Crippen LogP contribution in [0.5, 0.6) is 0 Å². The van der Waals surface area contributed by atoms with Gasteiger partial charge < -0.3 is 15.3 Å². The van der Waals surface area contributed by atoms with E-state index in [0.29, 0.717) is 19.5 Å². The number of benzene rings is 1. The molecule has 0 saturated carbocycles. The van der Waals surface area contributed by atoms with Crippen LogP contribution in [0.25, 0.3) is 0 Å². The summed E-state index contributed by atoms with van der Waals surface area (Å²) in [7, 11) is 0. The fraction of sp³-hybridized carbons (Fsp3) is 0.579. The molecule has 5 heteroatoms. The van der Waals surface area contributed by atoms with Crippen LogP contribution in [0.1, 0.15) is 44.2 Å². The summed E-state index contributed by atoms with van der Waals surface area (Å²) >= 11 is 0. The lowest BCUT2D eigenvalue weighted by Gasteiger charge is -2.31. The molecule has 2 N–H and O–H groups in total. The average Bonchev–Trinajstić information content (AvgIpc) is 3.00. The molecule has 1 aromatic carbocycles. The molecule has 132 valence electrons. The van der Waals surface area contributed by atoms with Gasteiger partial charge >= 0.3 is 11.8 Å². The van der Waals surface area contributed by atoms with Crippen molar-refractivity contribution in [3.8, 4) is 0 Å². The number of carbonyl (C=O) groups excluding carboxylic acids is 2. The first-order valence-corrected chi connectivity index (χ1v) is 8.76. The molecule has 1 aliphatic rings. The van der Waals surface area contributed by atoms with Gasteiger partial charge in [-0.15, -0.1) is 0 Å². The largest absolute Gasteiger partial charge is 0.396 e. The predicted molar refractivity (Wildman–Crippen MR) is 95.0 cm³/mol. The highest BCUT2D eigenvalue weighted by Gasteiger charge is 2.31. The zero-order valence-corrected chi connectivity index (χ0v) is 14.9. The quantitative estimate of drug-likeness (QED) is 0.785. The monoisotopic (exact) mass is 332 g/mol. The normalized spacial score (nSPS) is 13.8. The Kier molecular flexibility index (Phi) is 5.99. The molecule has 0 atom stereocenters. The Morgan fingerprint density at radius 3 is 2.62 bits per heavy atom. The van der Waals surface area contributed by atoms with E-state index in [1.54, 1.807) is 4.90 Å². The standard InChI is InChI=1S/C19H28N2O3/c1-4-19(5-2,9-11-22)13-20-17(23)18(24)21-10-8-15-7-6-14(3)12-16(15)21/h6-7,12,22H,4-5,8-11,13H2,1-3H3,(H,20,23). The fourth-order valence-electron chi connectivity index (χ4n) is 3.35. The van der Waals surface area contributed by atoms with Gasteiger partial charge in [0.1, 0.15) is 0 Å². The molecule has 1 aromatic rings. The predicted octanol–water partition coefficient (Wildman–Crippen LogP) is 2.19. The van der Waals surface area contributed by atoms with Crippen LogP contribution in [0.4, 0.5) is 5.69 Å². The average molecular weight is 332 g/mol. The van der Waals surface area contributed by atoms with Crippen LogP contribution in [0.2, 0.25) is 0 Å². The number of amides is 2. The lowest BCUT2D eigenvalue weighted by atomic mass is 9.79. The van der Waals surface area contributed by atoms with Crippen molar-refractivity contribution in [1.82, 2.24) is 5.32 Å². The summed E-state index contributed by atoms with van der Waals surface area (Å²) in [5.74, 6) is -1.06. The molecule has 0 fully saturated rings. The minimum Gasteiger partial charge on any atom is -0.396 e. The zero-order chi connectivity index (χ0) is 17.7. The van der Waals surface area contributed by atoms with Crippen LogP contribution >= 0.6 is 0 Å². The van der Waals surface area contributed by atoms with Crippen molar-refractivity contribution in [2.24, 2.45) is 5.41 Å². The summed E-state index contributed by atoms with van der Waals surface area (Å²) in [6, 6.07) is 6.01. The maximum atomic E-state index is 12.5. The van der Waals surface area contributed by atoms with Crippen LogP contribution in [-0.4, -0.2) is 36.6 Å². The van der Waals surface area contributed by atoms with Gasteiger partial charge in [0.15, 0.2) is 0 Å². The number of nitrogens with zero attached hydrogens (tertiary/aromatic N) is 1. The van der Waals surface area contributed by atoms with Gasteiger partial charge in [0.2, 0.25) is 0 Å². The zero-order valence-electron chi connectivity index (χ0n) is 14.9. The van der Waals surface area contributed by atoms with E-state index in [0.717, 1.165) is 36.1 Å². The van der Waals surface area contributed by atoms with Gasteiger partial charge in [0.05, 0.1) is 0 Å². The first-order chi connectivity index (χ1) is 11.5. The summed E-state index contributed by atoms with van der Waals surface area (Å²) < 4.78 is 0. The molecule has 5 nitrogen and oxygen atoms in total. The van der Waals surface area contributed by atoms with Gasteiger partial charge in [0.25, 0.3) is 0 Å². The second-order valence-electron chi connectivity index (χ2n) is 6.70. The van der Waals surface area contributed by atoms with E-state index in [4.69, 9.17) is 0 Å². The molecular weight excluding hydrogens is 304 g/mol. The Bertz CT molecular complexity index is 609. The van der Waals surface area contributed by atoms with Gasteiger partial charge in [-0.25, -0.2) is 0 Å². The fourth-order valence-corrected chi connectivity index (χ4v) is 3.35. The first kappa shape index (κ1) is 18.5. The number of rotatable bonds is 6. The van der Waals surface area contributed by atoms with Crippen molar-refractivity contribution < 1.29 is 14.7 Å². The van der Waals surface area contributed by atoms with Crippen molar-refractivity contribution in [3.63, 3.8) is 0 Å². The number of aryl methyl sites for hydroxylation is 1. The third kappa shape index (κ3) is 3.78. The summed E-state index contributed by atoms with van der Waals surface area (Å²) in [5.41, 5.74) is 2.89. The number of aliphatic hydroxyl groups is 1. The summed E-state index contributed by atoms with van der Waals surface area (Å²) in [4.78, 5) is 26.5. The molecule has 2 rings (SSSR count). The highest BCUT2D eigenvalue weighted by Crippen LogP contribution is 2.30. The number of hydrogen-bond donors (Lipinski definition) is 2. The Morgan fingerprint density at radius 2 is 2.00 bits per heavy atom. The molecule has 0 aliphatic carbocycles. The Balaban J connectivity index is 2.04. The lowest BCUT2D eigenvalue weighted by molar-refractivity contribution is -0.137. The molecule has 0 aromatic heterocycles. The van der Waals surface area contributed by atoms with E-state index in [2.05, 4.69) is 5.32 Å². The van der Waals surface area contributed by atoms with Crippen LogP contribution in [-0.2, 0) is 16.0 Å². The van der Waals surface area contributed by atoms with Crippen molar-refractivity contribution in [2.75, 3.05) is 24.6 Å². The molecule has 0 unspecified atom stereocenters.